The molecule has 24 heavy (non-hydrogen) atoms. The lowest BCUT2D eigenvalue weighted by atomic mass is 10.0. The van der Waals surface area contributed by atoms with Crippen LogP contribution in [0.3, 0.4) is 0 Å². The van der Waals surface area contributed by atoms with Gasteiger partial charge >= 0.3 is 11.7 Å². The number of phenolic OH excluding ortho intramolecular Hbond substituents is 1. The summed E-state index contributed by atoms with van der Waals surface area (Å²) in [6.07, 6.45) is 0.807. The van der Waals surface area contributed by atoms with E-state index in [1.807, 2.05) is 0 Å². The van der Waals surface area contributed by atoms with Gasteiger partial charge in [-0.2, -0.15) is 0 Å². The van der Waals surface area contributed by atoms with E-state index in [9.17, 15) is 34.9 Å². The van der Waals surface area contributed by atoms with Gasteiger partial charge in [-0.25, -0.2) is 4.79 Å². The average Bonchev–Trinajstić information content (AvgIpc) is 2.50. The Hall–Kier alpha value is -3.50. The van der Waals surface area contributed by atoms with Gasteiger partial charge < -0.3 is 14.4 Å². The number of aryl methyl sites for hydroxylation is 1. The largest absolute Gasteiger partial charge is 0.506 e. The Morgan fingerprint density at radius 3 is 2.33 bits per heavy atom. The highest BCUT2D eigenvalue weighted by atomic mass is 16.6. The second-order valence-electron chi connectivity index (χ2n) is 4.71. The zero-order valence-corrected chi connectivity index (χ0v) is 12.5. The number of carbonyl (C=O) groups excluding carboxylic acids is 1. The maximum Gasteiger partial charge on any atom is 0.342 e. The molecule has 0 aliphatic carbocycles. The van der Waals surface area contributed by atoms with Gasteiger partial charge in [0.05, 0.1) is 22.7 Å². The highest BCUT2D eigenvalue weighted by Gasteiger charge is 2.31. The predicted octanol–water partition coefficient (Wildman–Crippen LogP) is 1.24. The molecule has 1 N–H and O–H groups in total. The van der Waals surface area contributed by atoms with E-state index < -0.39 is 54.8 Å². The fourth-order valence-corrected chi connectivity index (χ4v) is 2.26. The van der Waals surface area contributed by atoms with E-state index in [1.165, 1.54) is 14.0 Å². The molecule has 0 saturated carbocycles. The molecule has 0 unspecified atom stereocenters. The molecule has 0 aliphatic rings. The molecule has 0 atom stereocenters. The van der Waals surface area contributed by atoms with Crippen LogP contribution >= 0.6 is 0 Å². The van der Waals surface area contributed by atoms with Crippen LogP contribution in [0.5, 0.6) is 5.75 Å². The first kappa shape index (κ1) is 16.9. The topological polar surface area (TPSA) is 155 Å². The van der Waals surface area contributed by atoms with Gasteiger partial charge in [-0.15, -0.1) is 0 Å². The highest BCUT2D eigenvalue weighted by molar-refractivity contribution is 6.07. The summed E-state index contributed by atoms with van der Waals surface area (Å²) in [7, 11) is 1.18. The van der Waals surface area contributed by atoms with Gasteiger partial charge in [0.25, 0.3) is 11.2 Å². The standard InChI is InChI=1S/C13H11N3O8/c1-3-24-13(19)6-4-7(15(20)21)9-8(16(22)23)5-14(2)12(18)10(9)11(6)17/h4-5,17H,3H2,1-2H3. The number of carbonyl (C=O) groups is 1. The van der Waals surface area contributed by atoms with Gasteiger partial charge in [-0.3, -0.25) is 25.0 Å². The average molecular weight is 337 g/mol. The zero-order valence-electron chi connectivity index (χ0n) is 12.5. The van der Waals surface area contributed by atoms with E-state index in [4.69, 9.17) is 0 Å². The van der Waals surface area contributed by atoms with Crippen molar-refractivity contribution in [1.29, 1.82) is 0 Å². The van der Waals surface area contributed by atoms with Crippen molar-refractivity contribution in [1.82, 2.24) is 4.57 Å². The molecule has 0 fully saturated rings. The third-order valence-corrected chi connectivity index (χ3v) is 3.27. The van der Waals surface area contributed by atoms with Gasteiger partial charge in [0, 0.05) is 13.1 Å². The van der Waals surface area contributed by atoms with Crippen molar-refractivity contribution >= 4 is 28.1 Å². The van der Waals surface area contributed by atoms with Crippen LogP contribution in [-0.4, -0.2) is 32.1 Å². The van der Waals surface area contributed by atoms with Crippen LogP contribution in [-0.2, 0) is 11.8 Å². The molecule has 0 aliphatic heterocycles. The molecule has 1 aromatic carbocycles. The third-order valence-electron chi connectivity index (χ3n) is 3.27. The highest BCUT2D eigenvalue weighted by Crippen LogP contribution is 2.39. The summed E-state index contributed by atoms with van der Waals surface area (Å²) in [5.74, 6) is -1.99. The van der Waals surface area contributed by atoms with Crippen LogP contribution in [0.2, 0.25) is 0 Å². The molecule has 11 heteroatoms. The molecule has 0 amide bonds. The van der Waals surface area contributed by atoms with Gasteiger partial charge in [0.2, 0.25) is 0 Å². The first-order valence-corrected chi connectivity index (χ1v) is 6.55. The fourth-order valence-electron chi connectivity index (χ4n) is 2.26. The number of fused-ring (bicyclic) bond motifs is 1. The number of ether oxygens (including phenoxy) is 1. The van der Waals surface area contributed by atoms with Crippen molar-refractivity contribution in [2.24, 2.45) is 7.05 Å². The number of pyridine rings is 1. The van der Waals surface area contributed by atoms with E-state index in [0.29, 0.717) is 6.07 Å². The second-order valence-corrected chi connectivity index (χ2v) is 4.71. The number of hydrogen-bond donors (Lipinski definition) is 1. The molecule has 2 rings (SSSR count). The Balaban J connectivity index is 3.11. The number of non-ortho nitro benzene ring substituents is 1. The number of benzene rings is 1. The number of rotatable bonds is 4. The van der Waals surface area contributed by atoms with Crippen molar-refractivity contribution in [3.05, 3.63) is 48.4 Å². The molecule has 2 aromatic rings. The normalized spacial score (nSPS) is 10.6. The number of nitro benzene ring substituents is 1. The number of nitrogens with zero attached hydrogens (tertiary/aromatic N) is 3. The summed E-state index contributed by atoms with van der Waals surface area (Å²) in [6, 6.07) is 0.655. The van der Waals surface area contributed by atoms with Crippen molar-refractivity contribution in [3.63, 3.8) is 0 Å². The Labute approximate surface area is 133 Å². The maximum absolute atomic E-state index is 12.2. The number of hydrogen-bond acceptors (Lipinski definition) is 8. The van der Waals surface area contributed by atoms with Gasteiger partial charge in [-0.1, -0.05) is 0 Å². The first-order valence-electron chi connectivity index (χ1n) is 6.55. The van der Waals surface area contributed by atoms with Crippen LogP contribution in [0.1, 0.15) is 17.3 Å². The van der Waals surface area contributed by atoms with Gasteiger partial charge in [-0.05, 0) is 6.92 Å². The van der Waals surface area contributed by atoms with Gasteiger partial charge in [0.15, 0.2) is 0 Å². The predicted molar refractivity (Wildman–Crippen MR) is 80.1 cm³/mol. The van der Waals surface area contributed by atoms with Gasteiger partial charge in [0.1, 0.15) is 22.1 Å². The Morgan fingerprint density at radius 1 is 1.25 bits per heavy atom. The van der Waals surface area contributed by atoms with Crippen molar-refractivity contribution in [2.45, 2.75) is 6.92 Å². The molecule has 0 saturated heterocycles. The van der Waals surface area contributed by atoms with Crippen LogP contribution in [0.25, 0.3) is 10.8 Å². The maximum atomic E-state index is 12.2. The summed E-state index contributed by atoms with van der Waals surface area (Å²) >= 11 is 0. The SMILES string of the molecule is CCOC(=O)c1cc([N+](=O)[O-])c2c([N+](=O)[O-])cn(C)c(=O)c2c1O. The summed E-state index contributed by atoms with van der Waals surface area (Å²) < 4.78 is 5.47. The first-order chi connectivity index (χ1) is 11.2. The molecule has 11 nitrogen and oxygen atoms in total. The van der Waals surface area contributed by atoms with E-state index in [-0.39, 0.29) is 6.61 Å². The number of esters is 1. The Kier molecular flexibility index (Phi) is 4.18. The van der Waals surface area contributed by atoms with Crippen molar-refractivity contribution in [2.75, 3.05) is 6.61 Å². The van der Waals surface area contributed by atoms with E-state index in [1.54, 1.807) is 0 Å². The van der Waals surface area contributed by atoms with E-state index >= 15 is 0 Å². The number of aromatic nitrogens is 1. The minimum atomic E-state index is -1.09. The summed E-state index contributed by atoms with van der Waals surface area (Å²) in [5.41, 5.74) is -3.14. The quantitative estimate of drug-likeness (QED) is 0.496. The molecule has 0 spiro atoms. The number of phenols is 1. The number of nitro groups is 2. The van der Waals surface area contributed by atoms with Crippen molar-refractivity contribution in [3.8, 4) is 5.75 Å². The molecule has 0 bridgehead atoms. The smallest absolute Gasteiger partial charge is 0.342 e. The summed E-state index contributed by atoms with van der Waals surface area (Å²) in [6.45, 7) is 1.41. The second kappa shape index (κ2) is 5.95. The van der Waals surface area contributed by atoms with Crippen LogP contribution in [0.4, 0.5) is 11.4 Å². The van der Waals surface area contributed by atoms with Crippen molar-refractivity contribution < 1.29 is 24.5 Å². The minimum Gasteiger partial charge on any atom is -0.506 e. The lowest BCUT2D eigenvalue weighted by Gasteiger charge is -2.09. The fraction of sp³-hybridized carbons (Fsp3) is 0.231. The molecule has 1 aromatic heterocycles. The minimum absolute atomic E-state index is 0.0724. The summed E-state index contributed by atoms with van der Waals surface area (Å²) in [4.78, 5) is 44.6. The molecular formula is C13H11N3O8. The van der Waals surface area contributed by atoms with Crippen LogP contribution in [0.15, 0.2) is 17.1 Å². The Morgan fingerprint density at radius 2 is 1.83 bits per heavy atom. The third kappa shape index (κ3) is 2.51. The molecule has 1 heterocycles. The Bertz CT molecular complexity index is 947. The lowest BCUT2D eigenvalue weighted by molar-refractivity contribution is -0.390. The lowest BCUT2D eigenvalue weighted by Crippen LogP contribution is -2.19. The monoisotopic (exact) mass is 337 g/mol. The van der Waals surface area contributed by atoms with Crippen LogP contribution < -0.4 is 5.56 Å². The van der Waals surface area contributed by atoms with E-state index in [0.717, 1.165) is 10.8 Å². The van der Waals surface area contributed by atoms with E-state index in [2.05, 4.69) is 4.74 Å². The van der Waals surface area contributed by atoms with Crippen LogP contribution in [0, 0.1) is 20.2 Å². The zero-order chi connectivity index (χ0) is 18.2. The molecule has 126 valence electrons. The number of aromatic hydroxyl groups is 1. The molecular weight excluding hydrogens is 326 g/mol. The summed E-state index contributed by atoms with van der Waals surface area (Å²) in [5, 5.41) is 31.3. The molecule has 0 radical (unpaired) electrons.